The standard InChI is InChI=1S/C26H28FN7/c27-22-9-3-4-10-24(22)32-14-16-33(17-15-32)25(20-11-12-23-19(18-20)6-5-13-28-23)26-29-30-31-34(26)21-7-1-2-8-21/h3-6,9-13,18,21,25H,1-2,7-8,14-17H2. The third-order valence-corrected chi connectivity index (χ3v) is 7.25. The Morgan fingerprint density at radius 1 is 0.912 bits per heavy atom. The van der Waals surface area contributed by atoms with Crippen molar-refractivity contribution in [2.75, 3.05) is 31.1 Å². The van der Waals surface area contributed by atoms with Gasteiger partial charge in [0, 0.05) is 37.8 Å². The van der Waals surface area contributed by atoms with Crippen molar-refractivity contribution in [3.05, 3.63) is 78.0 Å². The fourth-order valence-corrected chi connectivity index (χ4v) is 5.51. The van der Waals surface area contributed by atoms with Crippen molar-refractivity contribution in [1.82, 2.24) is 30.1 Å². The number of fused-ring (bicyclic) bond motifs is 1. The number of piperazine rings is 1. The van der Waals surface area contributed by atoms with Gasteiger partial charge in [0.1, 0.15) is 5.82 Å². The zero-order valence-electron chi connectivity index (χ0n) is 19.1. The maximum absolute atomic E-state index is 14.4. The number of benzene rings is 2. The van der Waals surface area contributed by atoms with Crippen molar-refractivity contribution >= 4 is 16.6 Å². The summed E-state index contributed by atoms with van der Waals surface area (Å²) in [6.07, 6.45) is 6.50. The average Bonchev–Trinajstić information content (AvgIpc) is 3.57. The number of anilines is 1. The van der Waals surface area contributed by atoms with Crippen LogP contribution in [0.1, 0.15) is 49.2 Å². The van der Waals surface area contributed by atoms with Crippen LogP contribution in [0.5, 0.6) is 0 Å². The zero-order valence-corrected chi connectivity index (χ0v) is 19.1. The lowest BCUT2D eigenvalue weighted by atomic mass is 10.0. The summed E-state index contributed by atoms with van der Waals surface area (Å²) in [7, 11) is 0. The van der Waals surface area contributed by atoms with Crippen LogP contribution in [0.3, 0.4) is 0 Å². The van der Waals surface area contributed by atoms with Gasteiger partial charge >= 0.3 is 0 Å². The van der Waals surface area contributed by atoms with Crippen LogP contribution in [0, 0.1) is 5.82 Å². The highest BCUT2D eigenvalue weighted by Gasteiger charge is 2.33. The van der Waals surface area contributed by atoms with E-state index in [1.807, 2.05) is 24.4 Å². The van der Waals surface area contributed by atoms with Gasteiger partial charge in [-0.15, -0.1) is 5.10 Å². The van der Waals surface area contributed by atoms with Crippen LogP contribution in [0.25, 0.3) is 10.9 Å². The molecule has 34 heavy (non-hydrogen) atoms. The first-order chi connectivity index (χ1) is 16.8. The highest BCUT2D eigenvalue weighted by molar-refractivity contribution is 5.79. The lowest BCUT2D eigenvalue weighted by molar-refractivity contribution is 0.197. The number of para-hydroxylation sites is 1. The Kier molecular flexibility index (Phi) is 5.66. The maximum Gasteiger partial charge on any atom is 0.173 e. The number of hydrogen-bond acceptors (Lipinski definition) is 6. The molecule has 2 aromatic carbocycles. The van der Waals surface area contributed by atoms with E-state index in [2.05, 4.69) is 59.3 Å². The van der Waals surface area contributed by atoms with Gasteiger partial charge in [0.15, 0.2) is 5.82 Å². The molecular weight excluding hydrogens is 429 g/mol. The summed E-state index contributed by atoms with van der Waals surface area (Å²) in [6.45, 7) is 3.08. The monoisotopic (exact) mass is 457 g/mol. The number of pyridine rings is 1. The third-order valence-electron chi connectivity index (χ3n) is 7.25. The molecule has 1 aliphatic carbocycles. The largest absolute Gasteiger partial charge is 0.367 e. The van der Waals surface area contributed by atoms with E-state index in [9.17, 15) is 4.39 Å². The average molecular weight is 458 g/mol. The van der Waals surface area contributed by atoms with E-state index in [-0.39, 0.29) is 11.9 Å². The summed E-state index contributed by atoms with van der Waals surface area (Å²) in [6, 6.07) is 17.8. The zero-order chi connectivity index (χ0) is 22.9. The lowest BCUT2D eigenvalue weighted by Gasteiger charge is -2.40. The van der Waals surface area contributed by atoms with Gasteiger partial charge < -0.3 is 4.90 Å². The lowest BCUT2D eigenvalue weighted by Crippen LogP contribution is -2.48. The van der Waals surface area contributed by atoms with E-state index in [1.165, 1.54) is 18.9 Å². The Bertz CT molecular complexity index is 1270. The van der Waals surface area contributed by atoms with Gasteiger partial charge in [-0.1, -0.05) is 37.1 Å². The Balaban J connectivity index is 1.35. The molecule has 174 valence electrons. The number of tetrazole rings is 1. The Hall–Kier alpha value is -3.39. The number of nitrogens with zero attached hydrogens (tertiary/aromatic N) is 7. The van der Waals surface area contributed by atoms with Gasteiger partial charge in [0.05, 0.1) is 23.3 Å². The molecule has 2 fully saturated rings. The summed E-state index contributed by atoms with van der Waals surface area (Å²) >= 11 is 0. The predicted octanol–water partition coefficient (Wildman–Crippen LogP) is 4.39. The van der Waals surface area contributed by atoms with E-state index < -0.39 is 0 Å². The highest BCUT2D eigenvalue weighted by atomic mass is 19.1. The van der Waals surface area contributed by atoms with E-state index in [0.717, 1.165) is 61.3 Å². The van der Waals surface area contributed by atoms with Gasteiger partial charge in [-0.3, -0.25) is 9.88 Å². The SMILES string of the molecule is Fc1ccccc1N1CCN(C(c2ccc3ncccc3c2)c2nnnn2C2CCCC2)CC1. The second-order valence-corrected chi connectivity index (χ2v) is 9.25. The summed E-state index contributed by atoms with van der Waals surface area (Å²) in [5, 5.41) is 14.2. The van der Waals surface area contributed by atoms with Crippen molar-refractivity contribution in [1.29, 1.82) is 0 Å². The van der Waals surface area contributed by atoms with Crippen LogP contribution in [0.4, 0.5) is 10.1 Å². The number of hydrogen-bond donors (Lipinski definition) is 0. The molecule has 1 atom stereocenters. The van der Waals surface area contributed by atoms with Crippen molar-refractivity contribution < 1.29 is 4.39 Å². The van der Waals surface area contributed by atoms with Crippen LogP contribution in [-0.4, -0.2) is 56.3 Å². The normalized spacial score (nSPS) is 18.6. The van der Waals surface area contributed by atoms with Crippen LogP contribution in [-0.2, 0) is 0 Å². The van der Waals surface area contributed by atoms with Gasteiger partial charge in [-0.05, 0) is 59.2 Å². The Morgan fingerprint density at radius 2 is 1.74 bits per heavy atom. The molecule has 3 heterocycles. The van der Waals surface area contributed by atoms with Crippen LogP contribution < -0.4 is 4.90 Å². The van der Waals surface area contributed by atoms with Crippen LogP contribution >= 0.6 is 0 Å². The third kappa shape index (κ3) is 3.92. The molecule has 1 unspecified atom stereocenters. The molecule has 8 heteroatoms. The summed E-state index contributed by atoms with van der Waals surface area (Å²) in [5.41, 5.74) is 2.81. The van der Waals surface area contributed by atoms with Gasteiger partial charge in [-0.25, -0.2) is 9.07 Å². The molecule has 0 amide bonds. The molecule has 0 spiro atoms. The maximum atomic E-state index is 14.4. The molecule has 0 bridgehead atoms. The second kappa shape index (κ2) is 9.10. The fourth-order valence-electron chi connectivity index (χ4n) is 5.51. The first-order valence-electron chi connectivity index (χ1n) is 12.1. The predicted molar refractivity (Wildman–Crippen MR) is 129 cm³/mol. The highest BCUT2D eigenvalue weighted by Crippen LogP contribution is 2.35. The summed E-state index contributed by atoms with van der Waals surface area (Å²) in [4.78, 5) is 9.06. The summed E-state index contributed by atoms with van der Waals surface area (Å²) < 4.78 is 16.5. The van der Waals surface area contributed by atoms with E-state index in [1.54, 1.807) is 6.07 Å². The van der Waals surface area contributed by atoms with Crippen LogP contribution in [0.2, 0.25) is 0 Å². The Morgan fingerprint density at radius 3 is 2.56 bits per heavy atom. The van der Waals surface area contributed by atoms with Crippen molar-refractivity contribution in [3.63, 3.8) is 0 Å². The van der Waals surface area contributed by atoms with Crippen molar-refractivity contribution in [3.8, 4) is 0 Å². The smallest absolute Gasteiger partial charge is 0.173 e. The van der Waals surface area contributed by atoms with E-state index in [0.29, 0.717) is 11.7 Å². The van der Waals surface area contributed by atoms with Gasteiger partial charge in [-0.2, -0.15) is 0 Å². The minimum atomic E-state index is -0.167. The van der Waals surface area contributed by atoms with Gasteiger partial charge in [0.2, 0.25) is 0 Å². The minimum absolute atomic E-state index is 0.0667. The quantitative estimate of drug-likeness (QED) is 0.443. The molecule has 0 N–H and O–H groups in total. The molecule has 2 aromatic heterocycles. The first-order valence-corrected chi connectivity index (χ1v) is 12.1. The molecule has 1 saturated heterocycles. The second-order valence-electron chi connectivity index (χ2n) is 9.25. The number of rotatable bonds is 5. The fraction of sp³-hybridized carbons (Fsp3) is 0.385. The van der Waals surface area contributed by atoms with E-state index >= 15 is 0 Å². The molecule has 7 nitrogen and oxygen atoms in total. The summed E-state index contributed by atoms with van der Waals surface area (Å²) in [5.74, 6) is 0.731. The molecule has 6 rings (SSSR count). The molecule has 4 aromatic rings. The topological polar surface area (TPSA) is 63.0 Å². The molecule has 1 saturated carbocycles. The molecular formula is C26H28FN7. The first kappa shape index (κ1) is 21.2. The number of halogens is 1. The molecule has 0 radical (unpaired) electrons. The molecule has 1 aliphatic heterocycles. The van der Waals surface area contributed by atoms with E-state index in [4.69, 9.17) is 0 Å². The van der Waals surface area contributed by atoms with Crippen molar-refractivity contribution in [2.45, 2.75) is 37.8 Å². The van der Waals surface area contributed by atoms with Gasteiger partial charge in [0.25, 0.3) is 0 Å². The van der Waals surface area contributed by atoms with Crippen molar-refractivity contribution in [2.24, 2.45) is 0 Å². The minimum Gasteiger partial charge on any atom is -0.367 e. The van der Waals surface area contributed by atoms with Crippen LogP contribution in [0.15, 0.2) is 60.8 Å². The Labute approximate surface area is 198 Å². The number of aromatic nitrogens is 5. The molecule has 2 aliphatic rings.